The van der Waals surface area contributed by atoms with Crippen LogP contribution in [0.1, 0.15) is 65.2 Å². The summed E-state index contributed by atoms with van der Waals surface area (Å²) >= 11 is 0. The van der Waals surface area contributed by atoms with Crippen molar-refractivity contribution >= 4 is 5.78 Å². The highest BCUT2D eigenvalue weighted by molar-refractivity contribution is 5.81. The second kappa shape index (κ2) is 9.45. The van der Waals surface area contributed by atoms with Crippen molar-refractivity contribution in [2.75, 3.05) is 19.8 Å². The van der Waals surface area contributed by atoms with Gasteiger partial charge in [0.05, 0.1) is 0 Å². The Morgan fingerprint density at radius 1 is 1.00 bits per heavy atom. The van der Waals surface area contributed by atoms with Gasteiger partial charge in [0.25, 0.3) is 5.97 Å². The van der Waals surface area contributed by atoms with E-state index in [-0.39, 0.29) is 19.0 Å². The molecule has 1 rings (SSSR count). The Hall–Kier alpha value is -0.450. The van der Waals surface area contributed by atoms with Gasteiger partial charge in [0.2, 0.25) is 0 Å². The lowest BCUT2D eigenvalue weighted by molar-refractivity contribution is -0.388. The van der Waals surface area contributed by atoms with E-state index in [4.69, 9.17) is 14.2 Å². The van der Waals surface area contributed by atoms with Crippen molar-refractivity contribution in [3.05, 3.63) is 0 Å². The zero-order chi connectivity index (χ0) is 14.0. The fraction of sp³-hybridized carbons (Fsp3) is 0.933. The van der Waals surface area contributed by atoms with E-state index >= 15 is 0 Å². The average molecular weight is 272 g/mol. The summed E-state index contributed by atoms with van der Waals surface area (Å²) in [4.78, 5) is 11.1. The van der Waals surface area contributed by atoms with Gasteiger partial charge >= 0.3 is 0 Å². The number of unbranched alkanes of at least 4 members (excludes halogenated alkanes) is 6. The molecule has 0 aromatic rings. The molecule has 0 aliphatic carbocycles. The summed E-state index contributed by atoms with van der Waals surface area (Å²) in [5.41, 5.74) is 0. The van der Waals surface area contributed by atoms with Crippen molar-refractivity contribution in [2.45, 2.75) is 71.2 Å². The maximum absolute atomic E-state index is 11.1. The normalized spacial score (nSPS) is 18.7. The first-order chi connectivity index (χ1) is 9.22. The van der Waals surface area contributed by atoms with Gasteiger partial charge in [-0.2, -0.15) is 0 Å². The molecule has 1 heterocycles. The summed E-state index contributed by atoms with van der Waals surface area (Å²) in [7, 11) is 0. The largest absolute Gasteiger partial charge is 0.328 e. The Bertz CT molecular complexity index is 243. The van der Waals surface area contributed by atoms with E-state index in [0.29, 0.717) is 13.0 Å². The number of ether oxygens (including phenoxy) is 3. The molecule has 0 amide bonds. The van der Waals surface area contributed by atoms with Gasteiger partial charge in [0.15, 0.2) is 5.78 Å². The molecule has 0 N–H and O–H groups in total. The van der Waals surface area contributed by atoms with Crippen LogP contribution in [0.25, 0.3) is 0 Å². The fourth-order valence-corrected chi connectivity index (χ4v) is 2.28. The molecule has 0 radical (unpaired) electrons. The summed E-state index contributed by atoms with van der Waals surface area (Å²) < 4.78 is 16.5. The summed E-state index contributed by atoms with van der Waals surface area (Å²) in [5, 5.41) is 0. The van der Waals surface area contributed by atoms with E-state index in [1.807, 2.05) is 6.92 Å². The Balaban J connectivity index is 2.17. The Kier molecular flexibility index (Phi) is 8.26. The first-order valence-corrected chi connectivity index (χ1v) is 7.66. The number of hydrogen-bond acceptors (Lipinski definition) is 4. The molecule has 1 fully saturated rings. The Labute approximate surface area is 116 Å². The minimum atomic E-state index is -0.966. The predicted octanol–water partition coefficient (Wildman–Crippen LogP) is 3.43. The number of hydrogen-bond donors (Lipinski definition) is 0. The molecule has 1 aliphatic rings. The van der Waals surface area contributed by atoms with Crippen molar-refractivity contribution in [1.29, 1.82) is 0 Å². The Morgan fingerprint density at radius 2 is 1.58 bits per heavy atom. The summed E-state index contributed by atoms with van der Waals surface area (Å²) in [6.45, 7) is 4.89. The van der Waals surface area contributed by atoms with Crippen molar-refractivity contribution in [2.24, 2.45) is 0 Å². The fourth-order valence-electron chi connectivity index (χ4n) is 2.28. The number of Topliss-reactive ketones (excluding diaryl/α,β-unsaturated/α-hetero) is 1. The third-order valence-corrected chi connectivity index (χ3v) is 3.36. The lowest BCUT2D eigenvalue weighted by Gasteiger charge is -2.35. The van der Waals surface area contributed by atoms with E-state index in [1.54, 1.807) is 0 Å². The number of rotatable bonds is 10. The summed E-state index contributed by atoms with van der Waals surface area (Å²) in [6.07, 6.45) is 9.38. The van der Waals surface area contributed by atoms with Gasteiger partial charge in [-0.25, -0.2) is 0 Å². The van der Waals surface area contributed by atoms with E-state index < -0.39 is 5.97 Å². The molecule has 4 heteroatoms. The van der Waals surface area contributed by atoms with Gasteiger partial charge in [-0.3, -0.25) is 4.79 Å². The molecular formula is C15H28O4. The monoisotopic (exact) mass is 272 g/mol. The molecule has 19 heavy (non-hydrogen) atoms. The van der Waals surface area contributed by atoms with Crippen LogP contribution in [0.3, 0.4) is 0 Å². The van der Waals surface area contributed by atoms with Gasteiger partial charge in [-0.1, -0.05) is 45.4 Å². The quantitative estimate of drug-likeness (QED) is 0.571. The third-order valence-electron chi connectivity index (χ3n) is 3.36. The van der Waals surface area contributed by atoms with Crippen LogP contribution in [0.5, 0.6) is 0 Å². The zero-order valence-corrected chi connectivity index (χ0v) is 12.4. The number of ketones is 1. The highest BCUT2D eigenvalue weighted by Crippen LogP contribution is 2.26. The van der Waals surface area contributed by atoms with E-state index in [9.17, 15) is 4.79 Å². The molecule has 0 aromatic carbocycles. The van der Waals surface area contributed by atoms with Crippen LogP contribution in [0, 0.1) is 0 Å². The number of carbonyl (C=O) groups is 1. The van der Waals surface area contributed by atoms with Crippen LogP contribution in [-0.2, 0) is 19.0 Å². The van der Waals surface area contributed by atoms with Crippen LogP contribution >= 0.6 is 0 Å². The topological polar surface area (TPSA) is 44.8 Å². The van der Waals surface area contributed by atoms with Crippen LogP contribution in [0.15, 0.2) is 0 Å². The van der Waals surface area contributed by atoms with Crippen molar-refractivity contribution < 1.29 is 19.0 Å². The molecule has 0 bridgehead atoms. The van der Waals surface area contributed by atoms with Crippen molar-refractivity contribution in [1.82, 2.24) is 0 Å². The van der Waals surface area contributed by atoms with E-state index in [0.717, 1.165) is 6.42 Å². The summed E-state index contributed by atoms with van der Waals surface area (Å²) in [5.74, 6) is -0.985. The maximum Gasteiger partial charge on any atom is 0.283 e. The minimum Gasteiger partial charge on any atom is -0.328 e. The van der Waals surface area contributed by atoms with Crippen molar-refractivity contribution in [3.63, 3.8) is 0 Å². The second-order valence-electron chi connectivity index (χ2n) is 5.10. The van der Waals surface area contributed by atoms with E-state index in [2.05, 4.69) is 6.92 Å². The van der Waals surface area contributed by atoms with Gasteiger partial charge in [0.1, 0.15) is 13.2 Å². The lowest BCUT2D eigenvalue weighted by atomic mass is 10.1. The van der Waals surface area contributed by atoms with Crippen LogP contribution in [0.4, 0.5) is 0 Å². The second-order valence-corrected chi connectivity index (χ2v) is 5.10. The molecule has 0 spiro atoms. The summed E-state index contributed by atoms with van der Waals surface area (Å²) in [6, 6.07) is 0. The molecule has 4 nitrogen and oxygen atoms in total. The average Bonchev–Trinajstić information content (AvgIpc) is 2.42. The molecule has 0 atom stereocenters. The minimum absolute atomic E-state index is 0.0186. The standard InChI is InChI=1S/C15H28O4/c1-3-5-6-7-8-9-10-11-15(17-4-2)18-12-14(16)13-19-15/h3-13H2,1-2H3. The van der Waals surface area contributed by atoms with Crippen LogP contribution in [0.2, 0.25) is 0 Å². The van der Waals surface area contributed by atoms with Gasteiger partial charge < -0.3 is 14.2 Å². The number of carbonyl (C=O) groups excluding carboxylic acids is 1. The Morgan fingerprint density at radius 3 is 2.16 bits per heavy atom. The van der Waals surface area contributed by atoms with Gasteiger partial charge in [0, 0.05) is 13.0 Å². The third kappa shape index (κ3) is 6.50. The molecule has 112 valence electrons. The SMILES string of the molecule is CCCCCCCCCC1(OCC)OCC(=O)CO1. The molecule has 0 unspecified atom stereocenters. The van der Waals surface area contributed by atoms with Gasteiger partial charge in [-0.15, -0.1) is 0 Å². The molecule has 0 saturated carbocycles. The lowest BCUT2D eigenvalue weighted by Crippen LogP contribution is -2.46. The van der Waals surface area contributed by atoms with Crippen molar-refractivity contribution in [3.8, 4) is 0 Å². The molecule has 1 aliphatic heterocycles. The predicted molar refractivity (Wildman–Crippen MR) is 73.9 cm³/mol. The highest BCUT2D eigenvalue weighted by Gasteiger charge is 2.37. The highest BCUT2D eigenvalue weighted by atomic mass is 16.9. The first kappa shape index (κ1) is 16.6. The molecule has 1 saturated heterocycles. The molecular weight excluding hydrogens is 244 g/mol. The van der Waals surface area contributed by atoms with Crippen LogP contribution < -0.4 is 0 Å². The maximum atomic E-state index is 11.1. The zero-order valence-electron chi connectivity index (χ0n) is 12.4. The first-order valence-electron chi connectivity index (χ1n) is 7.66. The smallest absolute Gasteiger partial charge is 0.283 e. The van der Waals surface area contributed by atoms with E-state index in [1.165, 1.54) is 38.5 Å². The molecule has 0 aromatic heterocycles. The van der Waals surface area contributed by atoms with Crippen LogP contribution in [-0.4, -0.2) is 31.6 Å². The van der Waals surface area contributed by atoms with Gasteiger partial charge in [-0.05, 0) is 13.3 Å².